The van der Waals surface area contributed by atoms with Crippen molar-refractivity contribution in [2.24, 2.45) is 17.8 Å². The fraction of sp³-hybridized carbons (Fsp3) is 1.00. The monoisotopic (exact) mass is 158 g/mol. The number of alkyl halides is 1. The Labute approximate surface area is 68.0 Å². The molecular weight excluding hydrogens is 144 g/mol. The van der Waals surface area contributed by atoms with Crippen molar-refractivity contribution in [2.75, 3.05) is 0 Å². The first-order chi connectivity index (χ1) is 4.79. The van der Waals surface area contributed by atoms with Crippen LogP contribution in [0, 0.1) is 17.8 Å². The van der Waals surface area contributed by atoms with E-state index in [2.05, 4.69) is 6.92 Å². The van der Waals surface area contributed by atoms with E-state index in [1.54, 1.807) is 0 Å². The summed E-state index contributed by atoms with van der Waals surface area (Å²) in [6.45, 7) is 2.33. The van der Waals surface area contributed by atoms with Crippen molar-refractivity contribution >= 4 is 11.6 Å². The van der Waals surface area contributed by atoms with Gasteiger partial charge in [-0.05, 0) is 43.4 Å². The molecule has 2 aliphatic carbocycles. The van der Waals surface area contributed by atoms with Gasteiger partial charge in [-0.1, -0.05) is 6.92 Å². The number of hydrogen-bond acceptors (Lipinski definition) is 0. The number of rotatable bonds is 1. The summed E-state index contributed by atoms with van der Waals surface area (Å²) in [5, 5.41) is 0.491. The fourth-order valence-corrected chi connectivity index (χ4v) is 2.65. The van der Waals surface area contributed by atoms with Gasteiger partial charge < -0.3 is 0 Å². The molecule has 3 atom stereocenters. The van der Waals surface area contributed by atoms with E-state index in [0.29, 0.717) is 5.38 Å². The molecule has 0 N–H and O–H groups in total. The Balaban J connectivity index is 1.96. The van der Waals surface area contributed by atoms with Gasteiger partial charge in [0.15, 0.2) is 0 Å². The van der Waals surface area contributed by atoms with Crippen molar-refractivity contribution in [3.8, 4) is 0 Å². The minimum atomic E-state index is 0.491. The third-order valence-electron chi connectivity index (χ3n) is 3.25. The first kappa shape index (κ1) is 6.97. The predicted molar refractivity (Wildman–Crippen MR) is 44.3 cm³/mol. The van der Waals surface area contributed by atoms with Crippen molar-refractivity contribution in [3.63, 3.8) is 0 Å². The second kappa shape index (κ2) is 2.41. The first-order valence-electron chi connectivity index (χ1n) is 4.43. The molecule has 0 heterocycles. The van der Waals surface area contributed by atoms with Crippen molar-refractivity contribution in [1.29, 1.82) is 0 Å². The van der Waals surface area contributed by atoms with Gasteiger partial charge in [0.25, 0.3) is 0 Å². The Bertz CT molecular complexity index is 129. The Morgan fingerprint density at radius 2 is 1.80 bits per heavy atom. The Morgan fingerprint density at radius 1 is 1.10 bits per heavy atom. The molecule has 0 amide bonds. The first-order valence-corrected chi connectivity index (χ1v) is 4.86. The van der Waals surface area contributed by atoms with E-state index in [0.717, 1.165) is 17.8 Å². The average molecular weight is 159 g/mol. The molecule has 58 valence electrons. The lowest BCUT2D eigenvalue weighted by atomic mass is 9.93. The predicted octanol–water partition coefficient (Wildman–Crippen LogP) is 3.05. The lowest BCUT2D eigenvalue weighted by Crippen LogP contribution is -2.12. The summed E-state index contributed by atoms with van der Waals surface area (Å²) in [5.74, 6) is 2.86. The summed E-state index contributed by atoms with van der Waals surface area (Å²) in [4.78, 5) is 0. The van der Waals surface area contributed by atoms with Gasteiger partial charge in [0, 0.05) is 5.38 Å². The summed E-state index contributed by atoms with van der Waals surface area (Å²) < 4.78 is 0. The summed E-state index contributed by atoms with van der Waals surface area (Å²) in [6.07, 6.45) is 5.64. The van der Waals surface area contributed by atoms with Crippen molar-refractivity contribution in [2.45, 2.75) is 38.0 Å². The second-order valence-electron chi connectivity index (χ2n) is 3.95. The van der Waals surface area contributed by atoms with Gasteiger partial charge in [-0.3, -0.25) is 0 Å². The van der Waals surface area contributed by atoms with E-state index in [1.165, 1.54) is 25.7 Å². The van der Waals surface area contributed by atoms with E-state index in [1.807, 2.05) is 0 Å². The molecule has 0 radical (unpaired) electrons. The highest BCUT2D eigenvalue weighted by Crippen LogP contribution is 2.49. The summed E-state index contributed by atoms with van der Waals surface area (Å²) in [7, 11) is 0. The average Bonchev–Trinajstić information content (AvgIpc) is 2.67. The van der Waals surface area contributed by atoms with Crippen LogP contribution in [0.25, 0.3) is 0 Å². The van der Waals surface area contributed by atoms with Crippen molar-refractivity contribution < 1.29 is 0 Å². The van der Waals surface area contributed by atoms with E-state index < -0.39 is 0 Å². The molecule has 2 aliphatic rings. The molecule has 2 fully saturated rings. The van der Waals surface area contributed by atoms with E-state index >= 15 is 0 Å². The summed E-state index contributed by atoms with van der Waals surface area (Å²) >= 11 is 6.13. The van der Waals surface area contributed by atoms with Gasteiger partial charge in [0.1, 0.15) is 0 Å². The molecule has 1 heteroatoms. The SMILES string of the molecule is CC1C(Cl)CCC1C1CC1. The minimum absolute atomic E-state index is 0.491. The lowest BCUT2D eigenvalue weighted by molar-refractivity contribution is 0.374. The molecule has 0 aromatic heterocycles. The molecule has 0 saturated heterocycles. The van der Waals surface area contributed by atoms with Crippen LogP contribution in [-0.4, -0.2) is 5.38 Å². The van der Waals surface area contributed by atoms with Crippen molar-refractivity contribution in [1.82, 2.24) is 0 Å². The van der Waals surface area contributed by atoms with Gasteiger partial charge in [-0.25, -0.2) is 0 Å². The zero-order valence-corrected chi connectivity index (χ0v) is 7.27. The Hall–Kier alpha value is 0.290. The zero-order chi connectivity index (χ0) is 7.14. The summed E-state index contributed by atoms with van der Waals surface area (Å²) in [6, 6.07) is 0. The zero-order valence-electron chi connectivity index (χ0n) is 6.52. The van der Waals surface area contributed by atoms with Crippen LogP contribution in [0.3, 0.4) is 0 Å². The van der Waals surface area contributed by atoms with Crippen LogP contribution in [-0.2, 0) is 0 Å². The van der Waals surface area contributed by atoms with E-state index in [-0.39, 0.29) is 0 Å². The molecule has 0 bridgehead atoms. The molecule has 0 aromatic rings. The molecule has 3 unspecified atom stereocenters. The normalized spacial score (nSPS) is 48.0. The van der Waals surface area contributed by atoms with Crippen LogP contribution in [0.15, 0.2) is 0 Å². The van der Waals surface area contributed by atoms with Gasteiger partial charge >= 0.3 is 0 Å². The minimum Gasteiger partial charge on any atom is -0.123 e. The highest BCUT2D eigenvalue weighted by Gasteiger charge is 2.40. The van der Waals surface area contributed by atoms with Crippen LogP contribution in [0.2, 0.25) is 0 Å². The maximum atomic E-state index is 6.13. The third kappa shape index (κ3) is 1.07. The molecule has 2 saturated carbocycles. The highest BCUT2D eigenvalue weighted by atomic mass is 35.5. The highest BCUT2D eigenvalue weighted by molar-refractivity contribution is 6.20. The lowest BCUT2D eigenvalue weighted by Gasteiger charge is -2.15. The third-order valence-corrected chi connectivity index (χ3v) is 3.86. The van der Waals surface area contributed by atoms with Gasteiger partial charge in [0.2, 0.25) is 0 Å². The maximum absolute atomic E-state index is 6.13. The van der Waals surface area contributed by atoms with Crippen LogP contribution in [0.5, 0.6) is 0 Å². The van der Waals surface area contributed by atoms with E-state index in [9.17, 15) is 0 Å². The largest absolute Gasteiger partial charge is 0.123 e. The second-order valence-corrected chi connectivity index (χ2v) is 4.51. The van der Waals surface area contributed by atoms with Gasteiger partial charge in [-0.2, -0.15) is 0 Å². The standard InChI is InChI=1S/C9H15Cl/c1-6-8(7-2-3-7)4-5-9(6)10/h6-9H,2-5H2,1H3. The van der Waals surface area contributed by atoms with Gasteiger partial charge in [-0.15, -0.1) is 11.6 Å². The Kier molecular flexibility index (Phi) is 1.68. The topological polar surface area (TPSA) is 0 Å². The van der Waals surface area contributed by atoms with E-state index in [4.69, 9.17) is 11.6 Å². The van der Waals surface area contributed by atoms with Crippen LogP contribution in [0.1, 0.15) is 32.6 Å². The molecule has 0 aromatic carbocycles. The smallest absolute Gasteiger partial charge is 0.0364 e. The molecular formula is C9H15Cl. The maximum Gasteiger partial charge on any atom is 0.0364 e. The van der Waals surface area contributed by atoms with Crippen LogP contribution >= 0.6 is 11.6 Å². The Morgan fingerprint density at radius 3 is 2.20 bits per heavy atom. The molecule has 0 nitrogen and oxygen atoms in total. The summed E-state index contributed by atoms with van der Waals surface area (Å²) in [5.41, 5.74) is 0. The molecule has 2 rings (SSSR count). The van der Waals surface area contributed by atoms with Gasteiger partial charge in [0.05, 0.1) is 0 Å². The number of hydrogen-bond donors (Lipinski definition) is 0. The fourth-order valence-electron chi connectivity index (χ4n) is 2.34. The molecule has 0 aliphatic heterocycles. The number of halogens is 1. The molecule has 0 spiro atoms. The molecule has 10 heavy (non-hydrogen) atoms. The van der Waals surface area contributed by atoms with Crippen molar-refractivity contribution in [3.05, 3.63) is 0 Å². The van der Waals surface area contributed by atoms with Crippen LogP contribution in [0.4, 0.5) is 0 Å². The quantitative estimate of drug-likeness (QED) is 0.515. The van der Waals surface area contributed by atoms with Crippen LogP contribution < -0.4 is 0 Å².